The van der Waals surface area contributed by atoms with E-state index in [1.54, 1.807) is 24.0 Å². The number of aryl methyl sites for hydroxylation is 3. The molecule has 0 saturated heterocycles. The summed E-state index contributed by atoms with van der Waals surface area (Å²) >= 11 is 3.60. The quantitative estimate of drug-likeness (QED) is 0.134. The Morgan fingerprint density at radius 3 is 1.50 bits per heavy atom. The summed E-state index contributed by atoms with van der Waals surface area (Å²) in [6, 6.07) is 69.7. The molecule has 0 fully saturated rings. The molecule has 0 bridgehead atoms. The standard InChI is InChI=1S/C12H13N.3C11H14N2.C11H12O2.C11H12S.2C10H12N2.C10H11NS/c1-9(2)11-8-7-10-5-3-4-6-12(10)13-11;1-8(2)9-4-5-11-10(6-9)12-7-13(11)3;1-8(2)9-4-5-10-11(6-9)13(3)7-12-10;1-8(2)11-9-6-4-5-7-10(9)13(3)12-11;1-7(2)8-3-4-10-9(5-8)6-13-11(10)12;1-8(2)11-7-9-5-3-4-6-10(9)12-11;2*1-7(2)8-3-4-9-10(5-8)12-6-11-9;1-7(2)8-3-4-10-9(5-8)11-6-12-10/h3-9H,1-2H3;3*4-8H,1-3H3;3-5,7H,6H2,1-2H3;3-8H,1-2H3;2*3-7H,1-2H3,(H,11,12);3-7H,1-2H3. The third-order valence-electron chi connectivity index (χ3n) is 20.0. The van der Waals surface area contributed by atoms with Crippen LogP contribution in [0, 0.1) is 0 Å². The molecule has 16 heteroatoms. The van der Waals surface area contributed by atoms with E-state index in [1.807, 2.05) is 90.2 Å². The van der Waals surface area contributed by atoms with Crippen LogP contribution >= 0.6 is 22.7 Å². The Morgan fingerprint density at radius 1 is 0.389 bits per heavy atom. The molecule has 0 atom stereocenters. The molecule has 113 heavy (non-hydrogen) atoms. The first-order chi connectivity index (χ1) is 54.1. The summed E-state index contributed by atoms with van der Waals surface area (Å²) in [4.78, 5) is 44.6. The number of esters is 1. The van der Waals surface area contributed by atoms with Gasteiger partial charge in [-0.3, -0.25) is 9.67 Å². The van der Waals surface area contributed by atoms with Crippen LogP contribution in [-0.2, 0) is 32.5 Å². The van der Waals surface area contributed by atoms with Gasteiger partial charge in [-0.2, -0.15) is 5.10 Å². The van der Waals surface area contributed by atoms with Gasteiger partial charge in [0.2, 0.25) is 0 Å². The van der Waals surface area contributed by atoms with Crippen LogP contribution in [0.2, 0.25) is 0 Å². The number of hydrogen-bond donors (Lipinski definition) is 2. The lowest BCUT2D eigenvalue weighted by molar-refractivity contribution is 0.0535. The maximum absolute atomic E-state index is 11.1. The number of aromatic nitrogens is 12. The van der Waals surface area contributed by atoms with Gasteiger partial charge in [0, 0.05) is 52.7 Å². The molecule has 2 N–H and O–H groups in total. The van der Waals surface area contributed by atoms with E-state index in [2.05, 4.69) is 344 Å². The number of para-hydroxylation sites is 2. The second kappa shape index (κ2) is 39.5. The molecule has 0 aliphatic carbocycles. The molecule has 1 aliphatic heterocycles. The number of H-pyrrole nitrogens is 2. The van der Waals surface area contributed by atoms with Gasteiger partial charge < -0.3 is 23.8 Å². The second-order valence-electron chi connectivity index (χ2n) is 31.7. The third kappa shape index (κ3) is 22.5. The first-order valence-electron chi connectivity index (χ1n) is 39.7. The third-order valence-corrected chi connectivity index (χ3v) is 22.2. The normalized spacial score (nSPS) is 11.6. The lowest BCUT2D eigenvalue weighted by atomic mass is 9.98. The first-order valence-corrected chi connectivity index (χ1v) is 41.4. The SMILES string of the molecule is CC(C)c1cc2ccccc2s1.CC(C)c1ccc2c(c1)COC2=O.CC(C)c1ccc2c(c1)ncn2C.CC(C)c1ccc2ccccc2n1.CC(C)c1ccc2nc[nH]c2c1.CC(C)c1ccc2nc[nH]c2c1.CC(C)c1ccc2ncn(C)c2c1.CC(C)c1ccc2scnc2c1.CC(C)c1nn(C)c2ccccc12. The summed E-state index contributed by atoms with van der Waals surface area (Å²) in [6.07, 6.45) is 7.17. The monoisotopic (exact) mass is 1540 g/mol. The number of cyclic esters (lactones) is 1. The molecule has 8 aromatic heterocycles. The fourth-order valence-corrected chi connectivity index (χ4v) is 14.5. The zero-order chi connectivity index (χ0) is 81.2. The zero-order valence-electron chi connectivity index (χ0n) is 69.9. The lowest BCUT2D eigenvalue weighted by Crippen LogP contribution is -1.94. The maximum atomic E-state index is 11.1. The number of carbonyl (C=O) groups is 1. The number of hydrogen-bond acceptors (Lipinski definition) is 11. The van der Waals surface area contributed by atoms with E-state index in [-0.39, 0.29) is 5.97 Å². The molecule has 14 nitrogen and oxygen atoms in total. The van der Waals surface area contributed by atoms with E-state index < -0.39 is 0 Å². The van der Waals surface area contributed by atoms with Crippen molar-refractivity contribution in [3.63, 3.8) is 0 Å². The fourth-order valence-electron chi connectivity index (χ4n) is 12.7. The van der Waals surface area contributed by atoms with Crippen LogP contribution < -0.4 is 0 Å². The zero-order valence-corrected chi connectivity index (χ0v) is 71.6. The molecular weight excluding hydrogens is 1430 g/mol. The van der Waals surface area contributed by atoms with Crippen molar-refractivity contribution in [2.24, 2.45) is 21.1 Å². The van der Waals surface area contributed by atoms with Crippen molar-refractivity contribution in [2.45, 2.75) is 184 Å². The highest BCUT2D eigenvalue weighted by Gasteiger charge is 2.21. The van der Waals surface area contributed by atoms with Crippen molar-refractivity contribution in [3.05, 3.63) is 292 Å². The number of ether oxygens (including phenoxy) is 1. The number of rotatable bonds is 9. The van der Waals surface area contributed by atoms with Gasteiger partial charge in [0.05, 0.1) is 107 Å². The fraction of sp³-hybridized carbons (Fsp3) is 0.320. The Bertz CT molecular complexity index is 5660. The molecule has 0 saturated carbocycles. The predicted molar refractivity (Wildman–Crippen MR) is 480 cm³/mol. The van der Waals surface area contributed by atoms with E-state index in [0.717, 1.165) is 55.3 Å². The molecule has 17 aromatic rings. The molecule has 0 radical (unpaired) electrons. The van der Waals surface area contributed by atoms with Gasteiger partial charge in [0.15, 0.2) is 0 Å². The van der Waals surface area contributed by atoms with Gasteiger partial charge in [-0.25, -0.2) is 29.7 Å². The van der Waals surface area contributed by atoms with Crippen molar-refractivity contribution in [2.75, 3.05) is 0 Å². The van der Waals surface area contributed by atoms with Gasteiger partial charge in [0.1, 0.15) is 6.61 Å². The van der Waals surface area contributed by atoms with E-state index in [1.165, 1.54) is 91.8 Å². The maximum Gasteiger partial charge on any atom is 0.338 e. The first kappa shape index (κ1) is 84.5. The Hall–Kier alpha value is -10.9. The molecule has 0 amide bonds. The number of aromatic amines is 2. The number of imidazole rings is 4. The Balaban J connectivity index is 0.000000135. The molecule has 586 valence electrons. The predicted octanol–water partition coefficient (Wildman–Crippen LogP) is 26.7. The highest BCUT2D eigenvalue weighted by Crippen LogP contribution is 2.32. The number of pyridine rings is 1. The Kier molecular flexibility index (Phi) is 29.5. The molecule has 0 unspecified atom stereocenters. The Labute approximate surface area is 676 Å². The van der Waals surface area contributed by atoms with Crippen molar-refractivity contribution in [1.29, 1.82) is 0 Å². The highest BCUT2D eigenvalue weighted by molar-refractivity contribution is 7.19. The minimum Gasteiger partial charge on any atom is -0.457 e. The summed E-state index contributed by atoms with van der Waals surface area (Å²) in [6.45, 7) is 39.9. The van der Waals surface area contributed by atoms with Crippen LogP contribution in [0.5, 0.6) is 0 Å². The molecule has 9 aromatic carbocycles. The van der Waals surface area contributed by atoms with Crippen LogP contribution in [0.25, 0.3) is 86.2 Å². The van der Waals surface area contributed by atoms with Gasteiger partial charge in [0.25, 0.3) is 0 Å². The van der Waals surface area contributed by atoms with Crippen LogP contribution in [-0.4, -0.2) is 64.8 Å². The van der Waals surface area contributed by atoms with Crippen LogP contribution in [0.3, 0.4) is 0 Å². The molecule has 1 aliphatic rings. The van der Waals surface area contributed by atoms with Crippen LogP contribution in [0.1, 0.15) is 243 Å². The van der Waals surface area contributed by atoms with Gasteiger partial charge >= 0.3 is 5.97 Å². The van der Waals surface area contributed by atoms with Crippen molar-refractivity contribution < 1.29 is 9.53 Å². The van der Waals surface area contributed by atoms with Crippen LogP contribution in [0.4, 0.5) is 0 Å². The summed E-state index contributed by atoms with van der Waals surface area (Å²) in [5.41, 5.74) is 26.4. The van der Waals surface area contributed by atoms with Gasteiger partial charge in [-0.15, -0.1) is 22.7 Å². The lowest BCUT2D eigenvalue weighted by Gasteiger charge is -2.05. The molecule has 0 spiro atoms. The molecule has 9 heterocycles. The number of nitrogens with zero attached hydrogens (tertiary/aromatic N) is 10. The summed E-state index contributed by atoms with van der Waals surface area (Å²) < 4.78 is 13.6. The average Bonchev–Trinajstić information content (AvgIpc) is 1.68. The minimum atomic E-state index is -0.190. The van der Waals surface area contributed by atoms with Crippen molar-refractivity contribution in [3.8, 4) is 0 Å². The Morgan fingerprint density at radius 2 is 0.903 bits per heavy atom. The van der Waals surface area contributed by atoms with E-state index in [0.29, 0.717) is 59.9 Å². The number of thiophene rings is 1. The minimum absolute atomic E-state index is 0.190. The average molecular weight is 1540 g/mol. The molecular formula is C97H114N12O2S2. The van der Waals surface area contributed by atoms with E-state index in [4.69, 9.17) is 4.74 Å². The number of benzene rings is 9. The van der Waals surface area contributed by atoms with E-state index >= 15 is 0 Å². The van der Waals surface area contributed by atoms with Crippen molar-refractivity contribution in [1.82, 2.24) is 58.8 Å². The highest BCUT2D eigenvalue weighted by atomic mass is 32.1. The summed E-state index contributed by atoms with van der Waals surface area (Å²) in [5, 5.41) is 8.38. The van der Waals surface area contributed by atoms with Crippen molar-refractivity contribution >= 4 is 115 Å². The largest absolute Gasteiger partial charge is 0.457 e. The summed E-state index contributed by atoms with van der Waals surface area (Å²) in [5.74, 6) is 4.88. The smallest absolute Gasteiger partial charge is 0.338 e. The van der Waals surface area contributed by atoms with E-state index in [9.17, 15) is 4.79 Å². The number of thiazole rings is 1. The summed E-state index contributed by atoms with van der Waals surface area (Å²) in [7, 11) is 6.04. The van der Waals surface area contributed by atoms with Crippen LogP contribution in [0.15, 0.2) is 231 Å². The topological polar surface area (TPSA) is 163 Å². The van der Waals surface area contributed by atoms with Gasteiger partial charge in [-0.1, -0.05) is 228 Å². The number of carbonyl (C=O) groups excluding carboxylic acids is 1. The second-order valence-corrected chi connectivity index (χ2v) is 33.7. The van der Waals surface area contributed by atoms with Gasteiger partial charge in [-0.05, 0) is 189 Å². The number of fused-ring (bicyclic) bond motifs is 9. The number of nitrogens with one attached hydrogen (secondary N) is 2. The molecule has 18 rings (SSSR count).